The van der Waals surface area contributed by atoms with Gasteiger partial charge in [0.05, 0.1) is 18.2 Å². The monoisotopic (exact) mass is 331 g/mol. The fraction of sp³-hybridized carbons (Fsp3) is 0.632. The van der Waals surface area contributed by atoms with Crippen LogP contribution in [0.3, 0.4) is 0 Å². The third-order valence-electron chi connectivity index (χ3n) is 4.84. The van der Waals surface area contributed by atoms with Crippen molar-refractivity contribution >= 4 is 5.91 Å². The zero-order valence-corrected chi connectivity index (χ0v) is 14.8. The van der Waals surface area contributed by atoms with Crippen LogP contribution in [0.25, 0.3) is 0 Å². The van der Waals surface area contributed by atoms with Crippen molar-refractivity contribution in [2.24, 2.45) is 0 Å². The molecule has 0 unspecified atom stereocenters. The van der Waals surface area contributed by atoms with E-state index in [4.69, 9.17) is 4.74 Å². The minimum Gasteiger partial charge on any atom is -0.373 e. The standard InChI is InChI=1S/C19H29N3O2/c1-14-11-22(12-15(2)24-14)13-17-7-4-3-6-16(17)10-21-19(23)18-8-5-9-20-18/h3-4,6-7,14-15,18,20H,5,8-13H2,1-2H3,(H,21,23)/t14-,15-,18-/m1/s1. The molecule has 1 aromatic carbocycles. The van der Waals surface area contributed by atoms with Crippen LogP contribution in [0.2, 0.25) is 0 Å². The van der Waals surface area contributed by atoms with Gasteiger partial charge in [-0.1, -0.05) is 24.3 Å². The highest BCUT2D eigenvalue weighted by atomic mass is 16.5. The van der Waals surface area contributed by atoms with Crippen molar-refractivity contribution in [2.45, 2.75) is 58.0 Å². The maximum absolute atomic E-state index is 12.2. The van der Waals surface area contributed by atoms with Crippen molar-refractivity contribution in [2.75, 3.05) is 19.6 Å². The SMILES string of the molecule is C[C@@H]1CN(Cc2ccccc2CNC(=O)[C@H]2CCCN2)C[C@@H](C)O1. The number of rotatable bonds is 5. The van der Waals surface area contributed by atoms with Crippen molar-refractivity contribution < 1.29 is 9.53 Å². The quantitative estimate of drug-likeness (QED) is 0.862. The lowest BCUT2D eigenvalue weighted by atomic mass is 10.1. The van der Waals surface area contributed by atoms with E-state index in [1.807, 2.05) is 6.07 Å². The van der Waals surface area contributed by atoms with Crippen molar-refractivity contribution in [3.05, 3.63) is 35.4 Å². The summed E-state index contributed by atoms with van der Waals surface area (Å²) in [7, 11) is 0. The van der Waals surface area contributed by atoms with Gasteiger partial charge in [0.1, 0.15) is 0 Å². The second kappa shape index (κ2) is 8.10. The first-order chi connectivity index (χ1) is 11.6. The summed E-state index contributed by atoms with van der Waals surface area (Å²) >= 11 is 0. The van der Waals surface area contributed by atoms with Gasteiger partial charge < -0.3 is 15.4 Å². The van der Waals surface area contributed by atoms with E-state index in [9.17, 15) is 4.79 Å². The number of nitrogens with one attached hydrogen (secondary N) is 2. The average Bonchev–Trinajstić information content (AvgIpc) is 3.07. The third-order valence-corrected chi connectivity index (χ3v) is 4.84. The lowest BCUT2D eigenvalue weighted by Crippen LogP contribution is -2.45. The molecule has 0 aliphatic carbocycles. The number of nitrogens with zero attached hydrogens (tertiary/aromatic N) is 1. The predicted molar refractivity (Wildman–Crippen MR) is 94.6 cm³/mol. The Morgan fingerprint density at radius 1 is 1.25 bits per heavy atom. The number of morpholine rings is 1. The molecule has 2 heterocycles. The van der Waals surface area contributed by atoms with E-state index in [-0.39, 0.29) is 24.2 Å². The Kier molecular flexibility index (Phi) is 5.87. The molecule has 0 saturated carbocycles. The topological polar surface area (TPSA) is 53.6 Å². The molecule has 5 nitrogen and oxygen atoms in total. The van der Waals surface area contributed by atoms with Crippen molar-refractivity contribution in [1.29, 1.82) is 0 Å². The lowest BCUT2D eigenvalue weighted by Gasteiger charge is -2.35. The number of hydrogen-bond acceptors (Lipinski definition) is 4. The molecular weight excluding hydrogens is 302 g/mol. The van der Waals surface area contributed by atoms with Crippen LogP contribution in [0.15, 0.2) is 24.3 Å². The fourth-order valence-corrected chi connectivity index (χ4v) is 3.75. The van der Waals surface area contributed by atoms with Gasteiger partial charge in [-0.05, 0) is 44.4 Å². The maximum Gasteiger partial charge on any atom is 0.237 e. The van der Waals surface area contributed by atoms with Crippen LogP contribution < -0.4 is 10.6 Å². The summed E-state index contributed by atoms with van der Waals surface area (Å²) in [5.74, 6) is 0.121. The van der Waals surface area contributed by atoms with Gasteiger partial charge in [-0.15, -0.1) is 0 Å². The third kappa shape index (κ3) is 4.56. The number of ether oxygens (including phenoxy) is 1. The number of amides is 1. The van der Waals surface area contributed by atoms with Crippen LogP contribution in [0.1, 0.15) is 37.8 Å². The highest BCUT2D eigenvalue weighted by Gasteiger charge is 2.24. The molecule has 1 amide bonds. The minimum absolute atomic E-state index is 0.0156. The number of benzene rings is 1. The van der Waals surface area contributed by atoms with E-state index in [1.165, 1.54) is 11.1 Å². The molecule has 3 atom stereocenters. The second-order valence-corrected chi connectivity index (χ2v) is 7.09. The molecule has 2 aliphatic heterocycles. The van der Waals surface area contributed by atoms with Gasteiger partial charge in [-0.3, -0.25) is 9.69 Å². The number of carbonyl (C=O) groups is 1. The summed E-state index contributed by atoms with van der Waals surface area (Å²) in [6.07, 6.45) is 2.57. The van der Waals surface area contributed by atoms with Crippen LogP contribution in [0, 0.1) is 0 Å². The maximum atomic E-state index is 12.2. The van der Waals surface area contributed by atoms with Crippen LogP contribution >= 0.6 is 0 Å². The zero-order chi connectivity index (χ0) is 16.9. The molecule has 5 heteroatoms. The fourth-order valence-electron chi connectivity index (χ4n) is 3.75. The summed E-state index contributed by atoms with van der Waals surface area (Å²) in [5, 5.41) is 6.34. The molecule has 3 rings (SSSR count). The van der Waals surface area contributed by atoms with Crippen LogP contribution in [-0.4, -0.2) is 48.7 Å². The van der Waals surface area contributed by atoms with Gasteiger partial charge in [0.2, 0.25) is 5.91 Å². The first-order valence-corrected chi connectivity index (χ1v) is 9.07. The number of hydrogen-bond donors (Lipinski definition) is 2. The Bertz CT molecular complexity index is 547. The molecular formula is C19H29N3O2. The molecule has 132 valence electrons. The van der Waals surface area contributed by atoms with Crippen molar-refractivity contribution in [1.82, 2.24) is 15.5 Å². The molecule has 2 aliphatic rings. The number of carbonyl (C=O) groups excluding carboxylic acids is 1. The summed E-state index contributed by atoms with van der Waals surface area (Å²) < 4.78 is 5.81. The summed E-state index contributed by atoms with van der Waals surface area (Å²) in [6, 6.07) is 8.39. The Labute approximate surface area is 144 Å². The second-order valence-electron chi connectivity index (χ2n) is 7.09. The van der Waals surface area contributed by atoms with Crippen molar-refractivity contribution in [3.8, 4) is 0 Å². The molecule has 0 spiro atoms. The lowest BCUT2D eigenvalue weighted by molar-refractivity contribution is -0.122. The van der Waals surface area contributed by atoms with E-state index in [0.717, 1.165) is 39.0 Å². The molecule has 1 aromatic rings. The molecule has 2 N–H and O–H groups in total. The van der Waals surface area contributed by atoms with Gasteiger partial charge in [-0.25, -0.2) is 0 Å². The van der Waals surface area contributed by atoms with E-state index >= 15 is 0 Å². The Hall–Kier alpha value is -1.43. The van der Waals surface area contributed by atoms with Crippen LogP contribution in [0.5, 0.6) is 0 Å². The van der Waals surface area contributed by atoms with Crippen molar-refractivity contribution in [3.63, 3.8) is 0 Å². The van der Waals surface area contributed by atoms with Crippen LogP contribution in [0.4, 0.5) is 0 Å². The minimum atomic E-state index is -0.0156. The van der Waals surface area contributed by atoms with Crippen LogP contribution in [-0.2, 0) is 22.6 Å². The highest BCUT2D eigenvalue weighted by molar-refractivity contribution is 5.82. The Morgan fingerprint density at radius 2 is 1.96 bits per heavy atom. The molecule has 2 saturated heterocycles. The summed E-state index contributed by atoms with van der Waals surface area (Å²) in [4.78, 5) is 14.6. The summed E-state index contributed by atoms with van der Waals surface area (Å²) in [6.45, 7) is 8.62. The molecule has 0 aromatic heterocycles. The molecule has 0 radical (unpaired) electrons. The van der Waals surface area contributed by atoms with E-state index in [0.29, 0.717) is 6.54 Å². The normalized spacial score (nSPS) is 28.0. The van der Waals surface area contributed by atoms with E-state index in [1.54, 1.807) is 0 Å². The van der Waals surface area contributed by atoms with Gasteiger partial charge in [0.15, 0.2) is 0 Å². The van der Waals surface area contributed by atoms with Gasteiger partial charge in [0.25, 0.3) is 0 Å². The Morgan fingerprint density at radius 3 is 2.62 bits per heavy atom. The van der Waals surface area contributed by atoms with Gasteiger partial charge in [0, 0.05) is 26.2 Å². The van der Waals surface area contributed by atoms with E-state index in [2.05, 4.69) is 47.6 Å². The highest BCUT2D eigenvalue weighted by Crippen LogP contribution is 2.17. The van der Waals surface area contributed by atoms with Gasteiger partial charge >= 0.3 is 0 Å². The predicted octanol–water partition coefficient (Wildman–Crippen LogP) is 1.66. The molecule has 0 bridgehead atoms. The molecule has 24 heavy (non-hydrogen) atoms. The van der Waals surface area contributed by atoms with E-state index < -0.39 is 0 Å². The summed E-state index contributed by atoms with van der Waals surface area (Å²) in [5.41, 5.74) is 2.49. The average molecular weight is 331 g/mol. The Balaban J connectivity index is 1.59. The smallest absolute Gasteiger partial charge is 0.237 e. The molecule has 2 fully saturated rings. The first-order valence-electron chi connectivity index (χ1n) is 9.07. The van der Waals surface area contributed by atoms with Gasteiger partial charge in [-0.2, -0.15) is 0 Å². The first kappa shape index (κ1) is 17.4. The largest absolute Gasteiger partial charge is 0.373 e. The zero-order valence-electron chi connectivity index (χ0n) is 14.8.